The van der Waals surface area contributed by atoms with Gasteiger partial charge in [0.05, 0.1) is 13.5 Å². The number of aromatic nitrogens is 1. The van der Waals surface area contributed by atoms with E-state index in [1.165, 1.54) is 36.3 Å². The number of ether oxygens (including phenoxy) is 1. The maximum atomic E-state index is 13.0. The van der Waals surface area contributed by atoms with E-state index in [-0.39, 0.29) is 18.3 Å². The highest BCUT2D eigenvalue weighted by atomic mass is 16.5. The summed E-state index contributed by atoms with van der Waals surface area (Å²) in [6, 6.07) is 23.8. The lowest BCUT2D eigenvalue weighted by Crippen LogP contribution is -2.35. The van der Waals surface area contributed by atoms with Gasteiger partial charge in [0.1, 0.15) is 0 Å². The molecular weight excluding hydrogens is 474 g/mol. The first-order valence-electron chi connectivity index (χ1n) is 13.2. The molecule has 3 aromatic carbocycles. The number of piperidine rings is 1. The smallest absolute Gasteiger partial charge is 0.309 e. The Balaban J connectivity index is 1.21. The Morgan fingerprint density at radius 1 is 1.03 bits per heavy atom. The number of likely N-dealkylation sites (tertiary alicyclic amines) is 1. The van der Waals surface area contributed by atoms with Crippen LogP contribution in [-0.4, -0.2) is 42.0 Å². The van der Waals surface area contributed by atoms with Gasteiger partial charge in [-0.05, 0) is 84.1 Å². The SMILES string of the molecule is COC(=O)Cc1cccc(NC(=O)c2cccc(CN3CCCC(Cc4cccc5cnccc45)C3)c2)c1. The number of rotatable bonds is 8. The predicted octanol–water partition coefficient (Wildman–Crippen LogP) is 5.66. The maximum Gasteiger partial charge on any atom is 0.309 e. The highest BCUT2D eigenvalue weighted by Crippen LogP contribution is 2.26. The van der Waals surface area contributed by atoms with E-state index in [1.807, 2.05) is 48.8 Å². The van der Waals surface area contributed by atoms with Gasteiger partial charge in [0.2, 0.25) is 0 Å². The van der Waals surface area contributed by atoms with Crippen LogP contribution in [0.25, 0.3) is 10.8 Å². The number of esters is 1. The van der Waals surface area contributed by atoms with E-state index in [9.17, 15) is 9.59 Å². The third-order valence-electron chi connectivity index (χ3n) is 7.24. The summed E-state index contributed by atoms with van der Waals surface area (Å²) in [4.78, 5) is 31.3. The summed E-state index contributed by atoms with van der Waals surface area (Å²) in [6.07, 6.45) is 7.46. The number of carbonyl (C=O) groups is 2. The van der Waals surface area contributed by atoms with Crippen LogP contribution < -0.4 is 5.32 Å². The van der Waals surface area contributed by atoms with Crippen molar-refractivity contribution >= 4 is 28.3 Å². The zero-order chi connectivity index (χ0) is 26.3. The zero-order valence-corrected chi connectivity index (χ0v) is 21.7. The van der Waals surface area contributed by atoms with Crippen LogP contribution in [0.5, 0.6) is 0 Å². The van der Waals surface area contributed by atoms with Gasteiger partial charge in [0.15, 0.2) is 0 Å². The summed E-state index contributed by atoms with van der Waals surface area (Å²) < 4.78 is 4.74. The molecule has 38 heavy (non-hydrogen) atoms. The van der Waals surface area contributed by atoms with E-state index < -0.39 is 0 Å². The van der Waals surface area contributed by atoms with E-state index in [0.717, 1.165) is 37.2 Å². The second-order valence-electron chi connectivity index (χ2n) is 10.1. The van der Waals surface area contributed by atoms with E-state index in [4.69, 9.17) is 4.74 Å². The van der Waals surface area contributed by atoms with E-state index >= 15 is 0 Å². The third-order valence-corrected chi connectivity index (χ3v) is 7.24. The standard InChI is InChI=1S/C32H33N3O3/c1-38-31(36)19-23-6-3-12-29(18-23)34-32(37)27-10-2-7-24(17-27)21-35-15-5-8-25(22-35)16-26-9-4-11-28-20-33-14-13-30(26)28/h2-4,6-7,9-14,17-18,20,25H,5,8,15-16,19,21-22H2,1H3,(H,34,37). The molecule has 4 aromatic rings. The molecule has 1 saturated heterocycles. The molecule has 2 heterocycles. The molecule has 1 fully saturated rings. The molecule has 1 aromatic heterocycles. The van der Waals surface area contributed by atoms with Gasteiger partial charge >= 0.3 is 5.97 Å². The molecule has 5 rings (SSSR count). The highest BCUT2D eigenvalue weighted by Gasteiger charge is 2.21. The monoisotopic (exact) mass is 507 g/mol. The Kier molecular flexibility index (Phi) is 8.09. The van der Waals surface area contributed by atoms with Crippen LogP contribution >= 0.6 is 0 Å². The van der Waals surface area contributed by atoms with Crippen molar-refractivity contribution in [2.45, 2.75) is 32.2 Å². The summed E-state index contributed by atoms with van der Waals surface area (Å²) in [5.74, 6) is 0.130. The van der Waals surface area contributed by atoms with Crippen LogP contribution in [0.1, 0.15) is 39.9 Å². The maximum absolute atomic E-state index is 13.0. The van der Waals surface area contributed by atoms with Gasteiger partial charge in [0.25, 0.3) is 5.91 Å². The average Bonchev–Trinajstić information content (AvgIpc) is 2.94. The van der Waals surface area contributed by atoms with E-state index in [0.29, 0.717) is 17.2 Å². The first kappa shape index (κ1) is 25.6. The number of pyridine rings is 1. The van der Waals surface area contributed by atoms with Gasteiger partial charge in [-0.3, -0.25) is 19.5 Å². The van der Waals surface area contributed by atoms with Crippen molar-refractivity contribution in [1.82, 2.24) is 9.88 Å². The Bertz CT molecular complexity index is 1430. The fraction of sp³-hybridized carbons (Fsp3) is 0.281. The Morgan fingerprint density at radius 3 is 2.76 bits per heavy atom. The summed E-state index contributed by atoms with van der Waals surface area (Å²) >= 11 is 0. The molecule has 0 spiro atoms. The summed E-state index contributed by atoms with van der Waals surface area (Å²) in [5.41, 5.74) is 4.60. The van der Waals surface area contributed by atoms with Gasteiger partial charge in [-0.1, -0.05) is 42.5 Å². The topological polar surface area (TPSA) is 71.5 Å². The first-order chi connectivity index (χ1) is 18.6. The number of benzene rings is 3. The van der Waals surface area contributed by atoms with Crippen LogP contribution in [-0.2, 0) is 28.9 Å². The number of carbonyl (C=O) groups excluding carboxylic acids is 2. The number of hydrogen-bond acceptors (Lipinski definition) is 5. The van der Waals surface area contributed by atoms with Gasteiger partial charge in [0, 0.05) is 42.1 Å². The number of methoxy groups -OCH3 is 1. The van der Waals surface area contributed by atoms with Gasteiger partial charge in [-0.2, -0.15) is 0 Å². The number of anilines is 1. The van der Waals surface area contributed by atoms with Gasteiger partial charge < -0.3 is 10.1 Å². The molecule has 1 N–H and O–H groups in total. The molecular formula is C32H33N3O3. The quantitative estimate of drug-likeness (QED) is 0.312. The van der Waals surface area contributed by atoms with Crippen molar-refractivity contribution in [3.63, 3.8) is 0 Å². The predicted molar refractivity (Wildman–Crippen MR) is 150 cm³/mol. The van der Waals surface area contributed by atoms with Crippen molar-refractivity contribution in [3.05, 3.63) is 107 Å². The van der Waals surface area contributed by atoms with Crippen molar-refractivity contribution < 1.29 is 14.3 Å². The van der Waals surface area contributed by atoms with Crippen molar-refractivity contribution in [1.29, 1.82) is 0 Å². The molecule has 6 heteroatoms. The van der Waals surface area contributed by atoms with Gasteiger partial charge in [-0.25, -0.2) is 0 Å². The minimum absolute atomic E-state index is 0.163. The molecule has 1 unspecified atom stereocenters. The van der Waals surface area contributed by atoms with E-state index in [1.54, 1.807) is 6.07 Å². The lowest BCUT2D eigenvalue weighted by atomic mass is 9.89. The molecule has 1 amide bonds. The molecule has 0 aliphatic carbocycles. The molecule has 1 aliphatic heterocycles. The molecule has 1 atom stereocenters. The molecule has 1 aliphatic rings. The fourth-order valence-corrected chi connectivity index (χ4v) is 5.41. The van der Waals surface area contributed by atoms with Crippen LogP contribution in [0.3, 0.4) is 0 Å². The second kappa shape index (κ2) is 12.0. The molecule has 6 nitrogen and oxygen atoms in total. The Morgan fingerprint density at radius 2 is 1.87 bits per heavy atom. The van der Waals surface area contributed by atoms with Crippen LogP contribution in [0.15, 0.2) is 85.2 Å². The summed E-state index contributed by atoms with van der Waals surface area (Å²) in [5, 5.41) is 5.46. The zero-order valence-electron chi connectivity index (χ0n) is 21.7. The van der Waals surface area contributed by atoms with E-state index in [2.05, 4.69) is 45.5 Å². The number of nitrogens with one attached hydrogen (secondary N) is 1. The number of hydrogen-bond donors (Lipinski definition) is 1. The largest absolute Gasteiger partial charge is 0.469 e. The minimum atomic E-state index is -0.310. The first-order valence-corrected chi connectivity index (χ1v) is 13.2. The number of fused-ring (bicyclic) bond motifs is 1. The molecule has 0 saturated carbocycles. The third kappa shape index (κ3) is 6.45. The second-order valence-corrected chi connectivity index (χ2v) is 10.1. The summed E-state index contributed by atoms with van der Waals surface area (Å²) in [7, 11) is 1.37. The van der Waals surface area contributed by atoms with Crippen LogP contribution in [0.4, 0.5) is 5.69 Å². The van der Waals surface area contributed by atoms with Crippen LogP contribution in [0, 0.1) is 5.92 Å². The number of nitrogens with zero attached hydrogens (tertiary/aromatic N) is 2. The van der Waals surface area contributed by atoms with Crippen molar-refractivity contribution in [2.24, 2.45) is 5.92 Å². The number of amides is 1. The van der Waals surface area contributed by atoms with Crippen LogP contribution in [0.2, 0.25) is 0 Å². The Hall–Kier alpha value is -4.03. The fourth-order valence-electron chi connectivity index (χ4n) is 5.41. The lowest BCUT2D eigenvalue weighted by Gasteiger charge is -2.33. The average molecular weight is 508 g/mol. The summed E-state index contributed by atoms with van der Waals surface area (Å²) in [6.45, 7) is 2.94. The van der Waals surface area contributed by atoms with Crippen molar-refractivity contribution in [3.8, 4) is 0 Å². The lowest BCUT2D eigenvalue weighted by molar-refractivity contribution is -0.139. The molecule has 0 bridgehead atoms. The minimum Gasteiger partial charge on any atom is -0.469 e. The Labute approximate surface area is 223 Å². The van der Waals surface area contributed by atoms with Gasteiger partial charge in [-0.15, -0.1) is 0 Å². The van der Waals surface area contributed by atoms with Crippen molar-refractivity contribution in [2.75, 3.05) is 25.5 Å². The molecule has 194 valence electrons. The highest BCUT2D eigenvalue weighted by molar-refractivity contribution is 6.04. The normalized spacial score (nSPS) is 15.8. The molecule has 0 radical (unpaired) electrons.